The molecule has 0 amide bonds. The molecule has 1 aliphatic rings. The van der Waals surface area contributed by atoms with Gasteiger partial charge in [0.1, 0.15) is 0 Å². The standard InChI is InChI=1S/C8H13F3O3S/c1-3-5-6(4-2)14-15(12,13)7(5)8(9,10)11/h5-7H,3-4H2,1-2H3. The summed E-state index contributed by atoms with van der Waals surface area (Å²) in [6, 6.07) is 0. The molecule has 1 rings (SSSR count). The zero-order valence-electron chi connectivity index (χ0n) is 8.41. The number of hydrogen-bond acceptors (Lipinski definition) is 3. The summed E-state index contributed by atoms with van der Waals surface area (Å²) in [5, 5.41) is -2.36. The van der Waals surface area contributed by atoms with Gasteiger partial charge in [-0.2, -0.15) is 21.6 Å². The van der Waals surface area contributed by atoms with Crippen molar-refractivity contribution in [2.24, 2.45) is 5.92 Å². The van der Waals surface area contributed by atoms with E-state index in [0.717, 1.165) is 0 Å². The predicted molar refractivity (Wildman–Crippen MR) is 47.7 cm³/mol. The number of hydrogen-bond donors (Lipinski definition) is 0. The monoisotopic (exact) mass is 246 g/mol. The van der Waals surface area contributed by atoms with Crippen LogP contribution in [0.15, 0.2) is 0 Å². The lowest BCUT2D eigenvalue weighted by Gasteiger charge is -2.20. The van der Waals surface area contributed by atoms with Crippen molar-refractivity contribution in [3.63, 3.8) is 0 Å². The van der Waals surface area contributed by atoms with Crippen molar-refractivity contribution < 1.29 is 25.8 Å². The van der Waals surface area contributed by atoms with Gasteiger partial charge in [-0.05, 0) is 12.8 Å². The summed E-state index contributed by atoms with van der Waals surface area (Å²) < 4.78 is 64.5. The van der Waals surface area contributed by atoms with Gasteiger partial charge in [-0.15, -0.1) is 0 Å². The molecule has 7 heteroatoms. The summed E-state index contributed by atoms with van der Waals surface area (Å²) in [5.41, 5.74) is 0. The van der Waals surface area contributed by atoms with Crippen LogP contribution in [-0.2, 0) is 14.3 Å². The van der Waals surface area contributed by atoms with Gasteiger partial charge < -0.3 is 0 Å². The molecule has 0 aromatic carbocycles. The van der Waals surface area contributed by atoms with Crippen molar-refractivity contribution in [3.05, 3.63) is 0 Å². The maximum atomic E-state index is 12.5. The van der Waals surface area contributed by atoms with Gasteiger partial charge >= 0.3 is 6.18 Å². The van der Waals surface area contributed by atoms with Crippen molar-refractivity contribution in [2.75, 3.05) is 0 Å². The second-order valence-corrected chi connectivity index (χ2v) is 5.26. The Kier molecular flexibility index (Phi) is 3.35. The quantitative estimate of drug-likeness (QED) is 0.701. The van der Waals surface area contributed by atoms with E-state index in [4.69, 9.17) is 0 Å². The van der Waals surface area contributed by atoms with E-state index in [1.54, 1.807) is 6.92 Å². The largest absolute Gasteiger partial charge is 0.408 e. The summed E-state index contributed by atoms with van der Waals surface area (Å²) in [7, 11) is -4.49. The number of halogens is 3. The molecule has 0 radical (unpaired) electrons. The van der Waals surface area contributed by atoms with E-state index in [9.17, 15) is 21.6 Å². The summed E-state index contributed by atoms with van der Waals surface area (Å²) in [6.07, 6.45) is -5.18. The van der Waals surface area contributed by atoms with Gasteiger partial charge in [-0.25, -0.2) is 0 Å². The molecule has 0 aromatic rings. The van der Waals surface area contributed by atoms with Gasteiger partial charge in [-0.3, -0.25) is 4.18 Å². The van der Waals surface area contributed by atoms with E-state index < -0.39 is 33.6 Å². The molecule has 1 fully saturated rings. The first-order chi connectivity index (χ1) is 6.74. The third-order valence-corrected chi connectivity index (χ3v) is 4.39. The summed E-state index contributed by atoms with van der Waals surface area (Å²) in [6.45, 7) is 3.15. The van der Waals surface area contributed by atoms with Gasteiger partial charge in [0.05, 0.1) is 6.10 Å². The summed E-state index contributed by atoms with van der Waals surface area (Å²) in [4.78, 5) is 0. The van der Waals surface area contributed by atoms with Crippen LogP contribution in [0.2, 0.25) is 0 Å². The molecule has 1 aliphatic heterocycles. The van der Waals surface area contributed by atoms with E-state index >= 15 is 0 Å². The summed E-state index contributed by atoms with van der Waals surface area (Å²) in [5.74, 6) is -0.986. The number of rotatable bonds is 2. The fraction of sp³-hybridized carbons (Fsp3) is 1.00. The van der Waals surface area contributed by atoms with Crippen molar-refractivity contribution in [3.8, 4) is 0 Å². The van der Waals surface area contributed by atoms with Crippen LogP contribution in [0.1, 0.15) is 26.7 Å². The highest BCUT2D eigenvalue weighted by atomic mass is 32.2. The van der Waals surface area contributed by atoms with Gasteiger partial charge in [0.15, 0.2) is 5.25 Å². The molecule has 0 bridgehead atoms. The van der Waals surface area contributed by atoms with E-state index in [1.807, 2.05) is 0 Å². The molecule has 3 nitrogen and oxygen atoms in total. The first kappa shape index (κ1) is 12.8. The highest BCUT2D eigenvalue weighted by molar-refractivity contribution is 7.87. The van der Waals surface area contributed by atoms with Gasteiger partial charge in [0, 0.05) is 5.92 Å². The molecule has 0 spiro atoms. The lowest BCUT2D eigenvalue weighted by molar-refractivity contribution is -0.139. The van der Waals surface area contributed by atoms with Crippen LogP contribution >= 0.6 is 0 Å². The molecule has 0 aromatic heterocycles. The van der Waals surface area contributed by atoms with Crippen LogP contribution in [-0.4, -0.2) is 25.9 Å². The average molecular weight is 246 g/mol. The third kappa shape index (κ3) is 2.28. The van der Waals surface area contributed by atoms with Crippen LogP contribution in [0.25, 0.3) is 0 Å². The maximum absolute atomic E-state index is 12.5. The third-order valence-electron chi connectivity index (χ3n) is 2.63. The van der Waals surface area contributed by atoms with Crippen molar-refractivity contribution in [2.45, 2.75) is 44.2 Å². The first-order valence-corrected chi connectivity index (χ1v) is 6.20. The lowest BCUT2D eigenvalue weighted by atomic mass is 9.93. The smallest absolute Gasteiger partial charge is 0.266 e. The van der Waals surface area contributed by atoms with Crippen LogP contribution in [0, 0.1) is 5.92 Å². The zero-order valence-corrected chi connectivity index (χ0v) is 9.23. The molecule has 15 heavy (non-hydrogen) atoms. The Morgan fingerprint density at radius 2 is 1.73 bits per heavy atom. The Balaban J connectivity index is 3.11. The molecule has 1 saturated heterocycles. The molecule has 3 unspecified atom stereocenters. The zero-order chi connectivity index (χ0) is 11.9. The molecule has 0 N–H and O–H groups in total. The Morgan fingerprint density at radius 3 is 2.07 bits per heavy atom. The second-order valence-electron chi connectivity index (χ2n) is 3.57. The van der Waals surface area contributed by atoms with Gasteiger partial charge in [-0.1, -0.05) is 13.8 Å². The number of alkyl halides is 3. The Labute approximate surface area is 86.7 Å². The average Bonchev–Trinajstić information content (AvgIpc) is 2.34. The van der Waals surface area contributed by atoms with Crippen LogP contribution in [0.4, 0.5) is 13.2 Å². The topological polar surface area (TPSA) is 43.4 Å². The summed E-state index contributed by atoms with van der Waals surface area (Å²) >= 11 is 0. The highest BCUT2D eigenvalue weighted by Gasteiger charge is 2.60. The van der Waals surface area contributed by atoms with Crippen molar-refractivity contribution in [1.82, 2.24) is 0 Å². The Bertz CT molecular complexity index is 323. The first-order valence-electron chi connectivity index (χ1n) is 4.72. The van der Waals surface area contributed by atoms with Crippen LogP contribution < -0.4 is 0 Å². The van der Waals surface area contributed by atoms with E-state index in [0.29, 0.717) is 0 Å². The van der Waals surface area contributed by atoms with E-state index in [2.05, 4.69) is 4.18 Å². The second kappa shape index (κ2) is 3.93. The fourth-order valence-corrected chi connectivity index (χ4v) is 3.83. The normalized spacial score (nSPS) is 35.7. The molecule has 0 saturated carbocycles. The van der Waals surface area contributed by atoms with E-state index in [-0.39, 0.29) is 12.8 Å². The predicted octanol–water partition coefficient (Wildman–Crippen LogP) is 2.08. The maximum Gasteiger partial charge on any atom is 0.408 e. The molecule has 3 atom stereocenters. The fourth-order valence-electron chi connectivity index (χ4n) is 1.97. The van der Waals surface area contributed by atoms with Gasteiger partial charge in [0.2, 0.25) is 0 Å². The Hall–Kier alpha value is -0.300. The van der Waals surface area contributed by atoms with Crippen molar-refractivity contribution >= 4 is 10.1 Å². The molecule has 90 valence electrons. The minimum Gasteiger partial charge on any atom is -0.266 e. The Morgan fingerprint density at radius 1 is 1.20 bits per heavy atom. The van der Waals surface area contributed by atoms with Crippen LogP contribution in [0.5, 0.6) is 0 Å². The molecule has 1 heterocycles. The molecular formula is C8H13F3O3S. The van der Waals surface area contributed by atoms with Gasteiger partial charge in [0.25, 0.3) is 10.1 Å². The van der Waals surface area contributed by atoms with Crippen molar-refractivity contribution in [1.29, 1.82) is 0 Å². The molecular weight excluding hydrogens is 233 g/mol. The minimum absolute atomic E-state index is 0.141. The molecule has 0 aliphatic carbocycles. The van der Waals surface area contributed by atoms with Crippen LogP contribution in [0.3, 0.4) is 0 Å². The van der Waals surface area contributed by atoms with E-state index in [1.165, 1.54) is 6.92 Å². The lowest BCUT2D eigenvalue weighted by Crippen LogP contribution is -2.39. The minimum atomic E-state index is -4.75. The SMILES string of the molecule is CCC1OS(=O)(=O)C(C(F)(F)F)C1CC. The highest BCUT2D eigenvalue weighted by Crippen LogP contribution is 2.42.